The van der Waals surface area contributed by atoms with Crippen molar-refractivity contribution in [1.29, 1.82) is 0 Å². The summed E-state index contributed by atoms with van der Waals surface area (Å²) in [5, 5.41) is 1.32. The Morgan fingerprint density at radius 2 is 2.00 bits per heavy atom. The zero-order valence-electron chi connectivity index (χ0n) is 10.5. The van der Waals surface area contributed by atoms with Crippen molar-refractivity contribution in [2.45, 2.75) is 19.8 Å². The topological polar surface area (TPSA) is 19.0 Å². The molecule has 0 saturated heterocycles. The van der Waals surface area contributed by atoms with Gasteiger partial charge in [-0.1, -0.05) is 18.6 Å². The molecular weight excluding hydrogens is 196 g/mol. The quantitative estimate of drug-likeness (QED) is 0.835. The highest BCUT2D eigenvalue weighted by atomic mass is 15.1. The molecular formula is C14H20N2. The Bertz CT molecular complexity index is 482. The Labute approximate surface area is 97.3 Å². The molecule has 1 atom stereocenters. The molecule has 0 amide bonds. The van der Waals surface area contributed by atoms with Gasteiger partial charge in [0.25, 0.3) is 0 Å². The first-order valence-electron chi connectivity index (χ1n) is 5.80. The van der Waals surface area contributed by atoms with Crippen LogP contribution in [0.4, 0.5) is 0 Å². The Kier molecular flexibility index (Phi) is 3.01. The second-order valence-electron chi connectivity index (χ2n) is 4.98. The third-order valence-corrected chi connectivity index (χ3v) is 2.97. The zero-order chi connectivity index (χ0) is 11.7. The lowest BCUT2D eigenvalue weighted by molar-refractivity contribution is 0.381. The van der Waals surface area contributed by atoms with Gasteiger partial charge in [-0.15, -0.1) is 0 Å². The lowest BCUT2D eigenvalue weighted by atomic mass is 10.1. The number of rotatable bonds is 3. The summed E-state index contributed by atoms with van der Waals surface area (Å²) < 4.78 is 0. The van der Waals surface area contributed by atoms with Gasteiger partial charge in [0.05, 0.1) is 0 Å². The number of aromatic amines is 1. The first kappa shape index (κ1) is 11.2. The fraction of sp³-hybridized carbons (Fsp3) is 0.429. The van der Waals surface area contributed by atoms with Gasteiger partial charge in [-0.25, -0.2) is 0 Å². The van der Waals surface area contributed by atoms with Crippen molar-refractivity contribution in [3.63, 3.8) is 0 Å². The molecule has 0 radical (unpaired) electrons. The fourth-order valence-corrected chi connectivity index (χ4v) is 2.19. The molecule has 0 aliphatic heterocycles. The van der Waals surface area contributed by atoms with Crippen LogP contribution in [0, 0.1) is 6.92 Å². The van der Waals surface area contributed by atoms with Crippen molar-refractivity contribution in [1.82, 2.24) is 9.88 Å². The van der Waals surface area contributed by atoms with Crippen molar-refractivity contribution in [3.8, 4) is 0 Å². The second-order valence-corrected chi connectivity index (χ2v) is 4.98. The van der Waals surface area contributed by atoms with Crippen LogP contribution in [0.2, 0.25) is 0 Å². The number of aromatic nitrogens is 1. The number of likely N-dealkylation sites (N-methyl/N-ethyl adjacent to an activating group) is 1. The van der Waals surface area contributed by atoms with E-state index in [1.54, 1.807) is 0 Å². The minimum atomic E-state index is 0.544. The Morgan fingerprint density at radius 1 is 1.25 bits per heavy atom. The summed E-state index contributed by atoms with van der Waals surface area (Å²) in [7, 11) is 4.23. The molecule has 0 spiro atoms. The van der Waals surface area contributed by atoms with Crippen LogP contribution in [0.5, 0.6) is 0 Å². The predicted molar refractivity (Wildman–Crippen MR) is 70.0 cm³/mol. The largest absolute Gasteiger partial charge is 0.358 e. The number of fused-ring (bicyclic) bond motifs is 1. The highest BCUT2D eigenvalue weighted by molar-refractivity contribution is 5.81. The number of aryl methyl sites for hydroxylation is 1. The Morgan fingerprint density at radius 3 is 2.69 bits per heavy atom. The predicted octanol–water partition coefficient (Wildman–Crippen LogP) is 3.14. The summed E-state index contributed by atoms with van der Waals surface area (Å²) >= 11 is 0. The highest BCUT2D eigenvalue weighted by Crippen LogP contribution is 2.22. The van der Waals surface area contributed by atoms with E-state index in [1.807, 2.05) is 0 Å². The number of nitrogens with zero attached hydrogens (tertiary/aromatic N) is 1. The SMILES string of the molecule is Cc1ccc2[nH]c(C(C)CN(C)C)cc2c1. The van der Waals surface area contributed by atoms with E-state index in [9.17, 15) is 0 Å². The molecule has 0 fully saturated rings. The molecule has 0 bridgehead atoms. The maximum atomic E-state index is 3.50. The molecule has 2 nitrogen and oxygen atoms in total. The lowest BCUT2D eigenvalue weighted by Gasteiger charge is -2.15. The van der Waals surface area contributed by atoms with E-state index in [0.29, 0.717) is 5.92 Å². The molecule has 1 N–H and O–H groups in total. The van der Waals surface area contributed by atoms with Crippen LogP contribution in [0.15, 0.2) is 24.3 Å². The normalized spacial score (nSPS) is 13.6. The van der Waals surface area contributed by atoms with Crippen LogP contribution in [0.1, 0.15) is 24.1 Å². The second kappa shape index (κ2) is 4.30. The molecule has 2 heteroatoms. The number of hydrogen-bond acceptors (Lipinski definition) is 1. The van der Waals surface area contributed by atoms with E-state index in [2.05, 4.69) is 62.1 Å². The van der Waals surface area contributed by atoms with Crippen molar-refractivity contribution in [2.24, 2.45) is 0 Å². The van der Waals surface area contributed by atoms with Crippen molar-refractivity contribution >= 4 is 10.9 Å². The standard InChI is InChI=1S/C14H20N2/c1-10-5-6-13-12(7-10)8-14(15-13)11(2)9-16(3)4/h5-8,11,15H,9H2,1-4H3. The molecule has 2 aromatic rings. The summed E-state index contributed by atoms with van der Waals surface area (Å²) in [6.07, 6.45) is 0. The van der Waals surface area contributed by atoms with Crippen molar-refractivity contribution in [3.05, 3.63) is 35.5 Å². The van der Waals surface area contributed by atoms with E-state index in [4.69, 9.17) is 0 Å². The van der Waals surface area contributed by atoms with Crippen molar-refractivity contribution < 1.29 is 0 Å². The molecule has 86 valence electrons. The molecule has 2 rings (SSSR count). The van der Waals surface area contributed by atoms with Gasteiger partial charge in [0.2, 0.25) is 0 Å². The summed E-state index contributed by atoms with van der Waals surface area (Å²) in [4.78, 5) is 5.72. The number of nitrogens with one attached hydrogen (secondary N) is 1. The van der Waals surface area contributed by atoms with Gasteiger partial charge < -0.3 is 9.88 Å². The van der Waals surface area contributed by atoms with E-state index in [0.717, 1.165) is 6.54 Å². The lowest BCUT2D eigenvalue weighted by Crippen LogP contribution is -2.18. The molecule has 1 unspecified atom stereocenters. The van der Waals surface area contributed by atoms with Gasteiger partial charge in [0.15, 0.2) is 0 Å². The molecule has 1 aromatic heterocycles. The highest BCUT2D eigenvalue weighted by Gasteiger charge is 2.09. The van der Waals surface area contributed by atoms with E-state index in [1.165, 1.54) is 22.2 Å². The van der Waals surface area contributed by atoms with Gasteiger partial charge in [0.1, 0.15) is 0 Å². The molecule has 0 aliphatic rings. The van der Waals surface area contributed by atoms with Gasteiger partial charge in [-0.2, -0.15) is 0 Å². The summed E-state index contributed by atoms with van der Waals surface area (Å²) in [5.74, 6) is 0.544. The monoisotopic (exact) mass is 216 g/mol. The maximum absolute atomic E-state index is 3.50. The van der Waals surface area contributed by atoms with Crippen LogP contribution < -0.4 is 0 Å². The molecule has 0 saturated carbocycles. The van der Waals surface area contributed by atoms with E-state index in [-0.39, 0.29) is 0 Å². The number of H-pyrrole nitrogens is 1. The first-order chi connectivity index (χ1) is 7.56. The third kappa shape index (κ3) is 2.27. The average molecular weight is 216 g/mol. The smallest absolute Gasteiger partial charge is 0.0456 e. The Hall–Kier alpha value is -1.28. The zero-order valence-corrected chi connectivity index (χ0v) is 10.5. The molecule has 0 aliphatic carbocycles. The first-order valence-corrected chi connectivity index (χ1v) is 5.80. The van der Waals surface area contributed by atoms with Crippen molar-refractivity contribution in [2.75, 3.05) is 20.6 Å². The van der Waals surface area contributed by atoms with E-state index < -0.39 is 0 Å². The summed E-state index contributed by atoms with van der Waals surface area (Å²) in [6.45, 7) is 5.47. The Balaban J connectivity index is 2.32. The van der Waals surface area contributed by atoms with Crippen LogP contribution >= 0.6 is 0 Å². The van der Waals surface area contributed by atoms with Crippen LogP contribution in [0.25, 0.3) is 10.9 Å². The average Bonchev–Trinajstić information content (AvgIpc) is 2.59. The van der Waals surface area contributed by atoms with Gasteiger partial charge >= 0.3 is 0 Å². The van der Waals surface area contributed by atoms with E-state index >= 15 is 0 Å². The maximum Gasteiger partial charge on any atom is 0.0456 e. The minimum Gasteiger partial charge on any atom is -0.358 e. The van der Waals surface area contributed by atoms with Crippen LogP contribution in [-0.4, -0.2) is 30.5 Å². The third-order valence-electron chi connectivity index (χ3n) is 2.97. The van der Waals surface area contributed by atoms with Crippen LogP contribution in [-0.2, 0) is 0 Å². The van der Waals surface area contributed by atoms with Gasteiger partial charge in [-0.3, -0.25) is 0 Å². The fourth-order valence-electron chi connectivity index (χ4n) is 2.19. The summed E-state index contributed by atoms with van der Waals surface area (Å²) in [5.41, 5.74) is 3.89. The summed E-state index contributed by atoms with van der Waals surface area (Å²) in [6, 6.07) is 8.82. The molecule has 1 heterocycles. The van der Waals surface area contributed by atoms with Gasteiger partial charge in [0, 0.05) is 23.7 Å². The molecule has 16 heavy (non-hydrogen) atoms. The number of benzene rings is 1. The molecule has 1 aromatic carbocycles. The number of hydrogen-bond donors (Lipinski definition) is 1. The van der Waals surface area contributed by atoms with Crippen LogP contribution in [0.3, 0.4) is 0 Å². The minimum absolute atomic E-state index is 0.544. The van der Waals surface area contributed by atoms with Gasteiger partial charge in [-0.05, 0) is 44.6 Å².